The van der Waals surface area contributed by atoms with Crippen LogP contribution in [0.15, 0.2) is 206 Å². The molecule has 50 heavy (non-hydrogen) atoms. The molecule has 0 atom stereocenters. The molecule has 0 aliphatic heterocycles. The first-order chi connectivity index (χ1) is 24.8. The Hall–Kier alpha value is -6.44. The summed E-state index contributed by atoms with van der Waals surface area (Å²) in [7, 11) is 0. The van der Waals surface area contributed by atoms with Crippen LogP contribution in [0.5, 0.6) is 0 Å². The summed E-state index contributed by atoms with van der Waals surface area (Å²) in [5.41, 5.74) is 16.6. The maximum atomic E-state index is 3.82. The van der Waals surface area contributed by atoms with E-state index in [9.17, 15) is 0 Å². The number of rotatable bonds is 7. The van der Waals surface area contributed by atoms with E-state index in [4.69, 9.17) is 0 Å². The molecule has 0 amide bonds. The molecule has 0 aromatic heterocycles. The van der Waals surface area contributed by atoms with Crippen LogP contribution in [0.1, 0.15) is 22.3 Å². The maximum Gasteiger partial charge on any atom is 0.0714 e. The van der Waals surface area contributed by atoms with Crippen molar-refractivity contribution in [1.82, 2.24) is 0 Å². The third-order valence-corrected chi connectivity index (χ3v) is 10.2. The van der Waals surface area contributed by atoms with Crippen molar-refractivity contribution < 1.29 is 0 Å². The predicted molar refractivity (Wildman–Crippen MR) is 210 cm³/mol. The quantitative estimate of drug-likeness (QED) is 0.183. The molecule has 0 unspecified atom stereocenters. The number of anilines is 2. The molecule has 0 radical (unpaired) electrons. The topological polar surface area (TPSA) is 12.0 Å². The number of fused-ring (bicyclic) bond motifs is 3. The van der Waals surface area contributed by atoms with Crippen molar-refractivity contribution >= 4 is 11.4 Å². The van der Waals surface area contributed by atoms with Gasteiger partial charge in [0.05, 0.1) is 5.41 Å². The van der Waals surface area contributed by atoms with Crippen LogP contribution in [0.4, 0.5) is 11.4 Å². The number of hydrogen-bond acceptors (Lipinski definition) is 1. The lowest BCUT2D eigenvalue weighted by Gasteiger charge is -2.34. The van der Waals surface area contributed by atoms with Gasteiger partial charge in [-0.05, 0) is 91.0 Å². The van der Waals surface area contributed by atoms with E-state index in [0.717, 1.165) is 11.4 Å². The molecular weight excluding hydrogens is 603 g/mol. The molecule has 0 fully saturated rings. The average Bonchev–Trinajstić information content (AvgIpc) is 3.50. The highest BCUT2D eigenvalue weighted by molar-refractivity contribution is 5.90. The van der Waals surface area contributed by atoms with Gasteiger partial charge in [0.15, 0.2) is 0 Å². The first-order valence-electron chi connectivity index (χ1n) is 17.3. The van der Waals surface area contributed by atoms with Crippen LogP contribution in [0.25, 0.3) is 44.5 Å². The normalized spacial score (nSPS) is 12.6. The Morgan fingerprint density at radius 3 is 1.36 bits per heavy atom. The molecule has 1 nitrogen and oxygen atoms in total. The Bertz CT molecular complexity index is 2370. The van der Waals surface area contributed by atoms with Crippen molar-refractivity contribution in [2.45, 2.75) is 5.41 Å². The minimum absolute atomic E-state index is 0.433. The van der Waals surface area contributed by atoms with Gasteiger partial charge in [-0.25, -0.2) is 0 Å². The summed E-state index contributed by atoms with van der Waals surface area (Å²) < 4.78 is 0. The predicted octanol–water partition coefficient (Wildman–Crippen LogP) is 12.8. The highest BCUT2D eigenvalue weighted by atomic mass is 14.9. The van der Waals surface area contributed by atoms with Crippen molar-refractivity contribution in [3.05, 3.63) is 229 Å². The smallest absolute Gasteiger partial charge is 0.0714 e. The van der Waals surface area contributed by atoms with Crippen LogP contribution < -0.4 is 5.32 Å². The zero-order valence-corrected chi connectivity index (χ0v) is 27.6. The van der Waals surface area contributed by atoms with E-state index in [1.165, 1.54) is 66.8 Å². The molecule has 0 heterocycles. The second-order valence-electron chi connectivity index (χ2n) is 13.0. The summed E-state index contributed by atoms with van der Waals surface area (Å²) in [4.78, 5) is 0. The van der Waals surface area contributed by atoms with Gasteiger partial charge in [0.25, 0.3) is 0 Å². The standard InChI is InChI=1S/C49H35N/c1-5-15-35(16-6-1)36-25-27-38(28-26-36)43-31-29-41(33-46(43)37-17-7-2-8-18-37)50-42-30-32-45-44-23-13-14-24-47(44)49(48(45)34-42,39-19-9-3-10-20-39)40-21-11-4-12-22-40/h1-34,50H. The Balaban J connectivity index is 1.15. The fourth-order valence-corrected chi connectivity index (χ4v) is 7.89. The molecule has 1 heteroatoms. The second kappa shape index (κ2) is 12.5. The zero-order chi connectivity index (χ0) is 33.3. The van der Waals surface area contributed by atoms with Gasteiger partial charge in [0.1, 0.15) is 0 Å². The third kappa shape index (κ3) is 5.03. The Morgan fingerprint density at radius 2 is 0.720 bits per heavy atom. The first kappa shape index (κ1) is 29.7. The van der Waals surface area contributed by atoms with Crippen molar-refractivity contribution in [3.8, 4) is 44.5 Å². The van der Waals surface area contributed by atoms with Crippen molar-refractivity contribution in [2.24, 2.45) is 0 Å². The van der Waals surface area contributed by atoms with Crippen LogP contribution in [0.3, 0.4) is 0 Å². The molecule has 236 valence electrons. The highest BCUT2D eigenvalue weighted by Crippen LogP contribution is 2.56. The van der Waals surface area contributed by atoms with Gasteiger partial charge in [-0.15, -0.1) is 0 Å². The fraction of sp³-hybridized carbons (Fsp3) is 0.0204. The Kier molecular flexibility index (Phi) is 7.44. The molecule has 0 bridgehead atoms. The number of nitrogens with one attached hydrogen (secondary N) is 1. The maximum absolute atomic E-state index is 3.82. The van der Waals surface area contributed by atoms with Crippen LogP contribution in [-0.2, 0) is 5.41 Å². The van der Waals surface area contributed by atoms with Crippen molar-refractivity contribution in [2.75, 3.05) is 5.32 Å². The van der Waals surface area contributed by atoms with E-state index in [2.05, 4.69) is 212 Å². The molecule has 9 rings (SSSR count). The van der Waals surface area contributed by atoms with Gasteiger partial charge in [-0.2, -0.15) is 0 Å². The number of benzene rings is 8. The second-order valence-corrected chi connectivity index (χ2v) is 13.0. The molecule has 8 aromatic carbocycles. The Morgan fingerprint density at radius 1 is 0.280 bits per heavy atom. The van der Waals surface area contributed by atoms with E-state index in [-0.39, 0.29) is 0 Å². The average molecular weight is 638 g/mol. The molecular formula is C49H35N. The third-order valence-electron chi connectivity index (χ3n) is 10.2. The summed E-state index contributed by atoms with van der Waals surface area (Å²) in [6.07, 6.45) is 0. The molecule has 8 aromatic rings. The summed E-state index contributed by atoms with van der Waals surface area (Å²) in [6, 6.07) is 74.6. The van der Waals surface area contributed by atoms with Crippen molar-refractivity contribution in [3.63, 3.8) is 0 Å². The largest absolute Gasteiger partial charge is 0.355 e. The van der Waals surface area contributed by atoms with Crippen LogP contribution in [0, 0.1) is 0 Å². The zero-order valence-electron chi connectivity index (χ0n) is 27.6. The minimum atomic E-state index is -0.433. The van der Waals surface area contributed by atoms with E-state index in [1.807, 2.05) is 0 Å². The summed E-state index contributed by atoms with van der Waals surface area (Å²) in [5.74, 6) is 0. The lowest BCUT2D eigenvalue weighted by atomic mass is 9.67. The SMILES string of the molecule is c1ccc(-c2ccc(-c3ccc(Nc4ccc5c(c4)C(c4ccccc4)(c4ccccc4)c4ccccc4-5)cc3-c3ccccc3)cc2)cc1. The molecule has 0 spiro atoms. The van der Waals surface area contributed by atoms with Gasteiger partial charge in [0.2, 0.25) is 0 Å². The van der Waals surface area contributed by atoms with Crippen LogP contribution >= 0.6 is 0 Å². The van der Waals surface area contributed by atoms with Crippen molar-refractivity contribution in [1.29, 1.82) is 0 Å². The Labute approximate surface area is 294 Å². The van der Waals surface area contributed by atoms with Gasteiger partial charge in [-0.1, -0.05) is 182 Å². The van der Waals surface area contributed by atoms with Gasteiger partial charge in [0, 0.05) is 11.4 Å². The first-order valence-corrected chi connectivity index (χ1v) is 17.3. The van der Waals surface area contributed by atoms with E-state index in [1.54, 1.807) is 0 Å². The van der Waals surface area contributed by atoms with Crippen LogP contribution in [0.2, 0.25) is 0 Å². The lowest BCUT2D eigenvalue weighted by Crippen LogP contribution is -2.28. The lowest BCUT2D eigenvalue weighted by molar-refractivity contribution is 0.769. The van der Waals surface area contributed by atoms with E-state index < -0.39 is 5.41 Å². The highest BCUT2D eigenvalue weighted by Gasteiger charge is 2.46. The van der Waals surface area contributed by atoms with E-state index >= 15 is 0 Å². The minimum Gasteiger partial charge on any atom is -0.355 e. The number of hydrogen-bond donors (Lipinski definition) is 1. The molecule has 1 aliphatic carbocycles. The summed E-state index contributed by atoms with van der Waals surface area (Å²) in [6.45, 7) is 0. The fourth-order valence-electron chi connectivity index (χ4n) is 7.89. The summed E-state index contributed by atoms with van der Waals surface area (Å²) in [5, 5.41) is 3.82. The monoisotopic (exact) mass is 637 g/mol. The molecule has 0 saturated heterocycles. The van der Waals surface area contributed by atoms with E-state index in [0.29, 0.717) is 0 Å². The summed E-state index contributed by atoms with van der Waals surface area (Å²) >= 11 is 0. The van der Waals surface area contributed by atoms with Gasteiger partial charge < -0.3 is 5.32 Å². The molecule has 1 N–H and O–H groups in total. The molecule has 1 aliphatic rings. The molecule has 0 saturated carbocycles. The van der Waals surface area contributed by atoms with Gasteiger partial charge >= 0.3 is 0 Å². The van der Waals surface area contributed by atoms with Gasteiger partial charge in [-0.3, -0.25) is 0 Å². The van der Waals surface area contributed by atoms with Crippen LogP contribution in [-0.4, -0.2) is 0 Å².